The molecular weight excluding hydrogens is 288 g/mol. The number of nitrogens with one attached hydrogen (secondary N) is 1. The normalized spacial score (nSPS) is 10.0. The predicted molar refractivity (Wildman–Crippen MR) is 84.6 cm³/mol. The summed E-state index contributed by atoms with van der Waals surface area (Å²) < 4.78 is 0. The van der Waals surface area contributed by atoms with E-state index >= 15 is 0 Å². The zero-order chi connectivity index (χ0) is 15.2. The predicted octanol–water partition coefficient (Wildman–Crippen LogP) is 3.33. The molecule has 0 aliphatic carbocycles. The van der Waals surface area contributed by atoms with E-state index < -0.39 is 11.8 Å². The Morgan fingerprint density at radius 3 is 2.43 bits per heavy atom. The maximum absolute atomic E-state index is 12.2. The number of hydrogen-bond donors (Lipinski definition) is 1. The summed E-state index contributed by atoms with van der Waals surface area (Å²) in [4.78, 5) is 25.7. The number of amides is 2. The quantitative estimate of drug-likeness (QED) is 0.884. The van der Waals surface area contributed by atoms with Crippen molar-refractivity contribution in [3.63, 3.8) is 0 Å². The van der Waals surface area contributed by atoms with Crippen molar-refractivity contribution in [2.75, 3.05) is 16.8 Å². The van der Waals surface area contributed by atoms with Gasteiger partial charge in [0.1, 0.15) is 0 Å². The fourth-order valence-electron chi connectivity index (χ4n) is 1.92. The summed E-state index contributed by atoms with van der Waals surface area (Å²) in [7, 11) is 0. The van der Waals surface area contributed by atoms with Crippen molar-refractivity contribution in [1.29, 1.82) is 0 Å². The number of halogens is 1. The number of rotatable bonds is 3. The molecule has 108 valence electrons. The van der Waals surface area contributed by atoms with Crippen molar-refractivity contribution >= 4 is 34.8 Å². The van der Waals surface area contributed by atoms with Crippen molar-refractivity contribution in [2.45, 2.75) is 6.92 Å². The van der Waals surface area contributed by atoms with Crippen LogP contribution < -0.4 is 10.2 Å². The van der Waals surface area contributed by atoms with E-state index in [4.69, 9.17) is 11.6 Å². The first kappa shape index (κ1) is 15.1. The average molecular weight is 303 g/mol. The highest BCUT2D eigenvalue weighted by Gasteiger charge is 2.21. The van der Waals surface area contributed by atoms with Gasteiger partial charge in [-0.3, -0.25) is 9.59 Å². The van der Waals surface area contributed by atoms with E-state index in [1.807, 2.05) is 25.1 Å². The Balaban J connectivity index is 2.13. The summed E-state index contributed by atoms with van der Waals surface area (Å²) in [6.07, 6.45) is 0. The fraction of sp³-hybridized carbons (Fsp3) is 0.125. The first-order valence-corrected chi connectivity index (χ1v) is 6.93. The number of nitrogens with zero attached hydrogens (tertiary/aromatic N) is 1. The van der Waals surface area contributed by atoms with Crippen molar-refractivity contribution in [1.82, 2.24) is 0 Å². The smallest absolute Gasteiger partial charge is 0.316 e. The molecule has 2 amide bonds. The standard InChI is InChI=1S/C16H15ClN2O2/c1-2-19(14-9-4-3-5-10-14)16(21)15(20)18-13-8-6-7-12(17)11-13/h3-11H,2H2,1H3,(H,18,20). The van der Waals surface area contributed by atoms with Gasteiger partial charge in [-0.15, -0.1) is 0 Å². The Morgan fingerprint density at radius 1 is 1.10 bits per heavy atom. The minimum Gasteiger partial charge on any atom is -0.318 e. The number of para-hydroxylation sites is 1. The highest BCUT2D eigenvalue weighted by Crippen LogP contribution is 2.16. The van der Waals surface area contributed by atoms with E-state index in [0.717, 1.165) is 0 Å². The molecule has 0 aliphatic rings. The molecule has 1 N–H and O–H groups in total. The summed E-state index contributed by atoms with van der Waals surface area (Å²) >= 11 is 5.85. The second-order valence-electron chi connectivity index (χ2n) is 4.35. The number of carbonyl (C=O) groups is 2. The van der Waals surface area contributed by atoms with Gasteiger partial charge < -0.3 is 10.2 Å². The van der Waals surface area contributed by atoms with E-state index in [-0.39, 0.29) is 0 Å². The molecule has 0 saturated heterocycles. The van der Waals surface area contributed by atoms with Gasteiger partial charge >= 0.3 is 11.8 Å². The lowest BCUT2D eigenvalue weighted by Gasteiger charge is -2.20. The SMILES string of the molecule is CCN(C(=O)C(=O)Nc1cccc(Cl)c1)c1ccccc1. The van der Waals surface area contributed by atoms with Crippen LogP contribution in [0, 0.1) is 0 Å². The molecule has 0 radical (unpaired) electrons. The van der Waals surface area contributed by atoms with Crippen molar-refractivity contribution < 1.29 is 9.59 Å². The van der Waals surface area contributed by atoms with Gasteiger partial charge in [0, 0.05) is 22.9 Å². The highest BCUT2D eigenvalue weighted by atomic mass is 35.5. The lowest BCUT2D eigenvalue weighted by Crippen LogP contribution is -2.39. The van der Waals surface area contributed by atoms with Crippen LogP contribution >= 0.6 is 11.6 Å². The molecule has 4 nitrogen and oxygen atoms in total. The van der Waals surface area contributed by atoms with E-state index in [1.165, 1.54) is 4.90 Å². The molecule has 0 saturated carbocycles. The molecule has 0 fully saturated rings. The monoisotopic (exact) mass is 302 g/mol. The van der Waals surface area contributed by atoms with Gasteiger partial charge in [-0.1, -0.05) is 35.9 Å². The number of likely N-dealkylation sites (N-methyl/N-ethyl adjacent to an activating group) is 1. The van der Waals surface area contributed by atoms with Crippen LogP contribution in [0.25, 0.3) is 0 Å². The lowest BCUT2D eigenvalue weighted by molar-refractivity contribution is -0.134. The van der Waals surface area contributed by atoms with Crippen LogP contribution in [0.1, 0.15) is 6.92 Å². The first-order chi connectivity index (χ1) is 10.1. The summed E-state index contributed by atoms with van der Waals surface area (Å²) in [5.41, 5.74) is 1.18. The van der Waals surface area contributed by atoms with Gasteiger partial charge in [0.25, 0.3) is 0 Å². The maximum atomic E-state index is 12.2. The second-order valence-corrected chi connectivity index (χ2v) is 4.79. The van der Waals surface area contributed by atoms with E-state index in [9.17, 15) is 9.59 Å². The third kappa shape index (κ3) is 3.83. The summed E-state index contributed by atoms with van der Waals surface area (Å²) in [5, 5.41) is 3.05. The van der Waals surface area contributed by atoms with E-state index in [2.05, 4.69) is 5.32 Å². The Bertz CT molecular complexity index is 644. The number of benzene rings is 2. The minimum atomic E-state index is -0.692. The van der Waals surface area contributed by atoms with Crippen LogP contribution in [0.4, 0.5) is 11.4 Å². The largest absolute Gasteiger partial charge is 0.318 e. The van der Waals surface area contributed by atoms with Crippen LogP contribution in [0.15, 0.2) is 54.6 Å². The molecule has 5 heteroatoms. The molecule has 0 unspecified atom stereocenters. The molecule has 0 atom stereocenters. The molecule has 0 heterocycles. The van der Waals surface area contributed by atoms with Gasteiger partial charge in [-0.05, 0) is 37.3 Å². The molecule has 21 heavy (non-hydrogen) atoms. The third-order valence-electron chi connectivity index (χ3n) is 2.91. The zero-order valence-electron chi connectivity index (χ0n) is 11.5. The van der Waals surface area contributed by atoms with Crippen LogP contribution in [0.5, 0.6) is 0 Å². The van der Waals surface area contributed by atoms with Crippen molar-refractivity contribution in [3.8, 4) is 0 Å². The maximum Gasteiger partial charge on any atom is 0.316 e. The van der Waals surface area contributed by atoms with Gasteiger partial charge in [0.15, 0.2) is 0 Å². The van der Waals surface area contributed by atoms with Gasteiger partial charge in [0.05, 0.1) is 0 Å². The molecule has 0 aliphatic heterocycles. The fourth-order valence-corrected chi connectivity index (χ4v) is 2.12. The van der Waals surface area contributed by atoms with Crippen LogP contribution in [-0.4, -0.2) is 18.4 Å². The van der Waals surface area contributed by atoms with Crippen LogP contribution in [-0.2, 0) is 9.59 Å². The summed E-state index contributed by atoms with van der Waals surface area (Å²) in [6, 6.07) is 15.7. The summed E-state index contributed by atoms with van der Waals surface area (Å²) in [5.74, 6) is -1.30. The zero-order valence-corrected chi connectivity index (χ0v) is 12.3. The average Bonchev–Trinajstić information content (AvgIpc) is 2.49. The molecule has 0 bridgehead atoms. The van der Waals surface area contributed by atoms with Gasteiger partial charge in [0.2, 0.25) is 0 Å². The molecule has 2 rings (SSSR count). The minimum absolute atomic E-state index is 0.409. The molecule has 2 aromatic rings. The Hall–Kier alpha value is -2.33. The number of anilines is 2. The van der Waals surface area contributed by atoms with E-state index in [1.54, 1.807) is 36.4 Å². The molecule has 2 aromatic carbocycles. The topological polar surface area (TPSA) is 49.4 Å². The van der Waals surface area contributed by atoms with Crippen molar-refractivity contribution in [2.24, 2.45) is 0 Å². The number of hydrogen-bond acceptors (Lipinski definition) is 2. The van der Waals surface area contributed by atoms with Crippen LogP contribution in [0.2, 0.25) is 5.02 Å². The number of carbonyl (C=O) groups excluding carboxylic acids is 2. The Morgan fingerprint density at radius 2 is 1.81 bits per heavy atom. The van der Waals surface area contributed by atoms with Crippen LogP contribution in [0.3, 0.4) is 0 Å². The van der Waals surface area contributed by atoms with Crippen molar-refractivity contribution in [3.05, 3.63) is 59.6 Å². The first-order valence-electron chi connectivity index (χ1n) is 6.55. The third-order valence-corrected chi connectivity index (χ3v) is 3.14. The Kier molecular flexibility index (Phi) is 4.95. The molecular formula is C16H15ClN2O2. The molecule has 0 spiro atoms. The molecule has 0 aromatic heterocycles. The van der Waals surface area contributed by atoms with Gasteiger partial charge in [-0.2, -0.15) is 0 Å². The highest BCUT2D eigenvalue weighted by molar-refractivity contribution is 6.44. The van der Waals surface area contributed by atoms with Gasteiger partial charge in [-0.25, -0.2) is 0 Å². The second kappa shape index (κ2) is 6.90. The Labute approximate surface area is 128 Å². The lowest BCUT2D eigenvalue weighted by atomic mass is 10.2. The van der Waals surface area contributed by atoms with E-state index in [0.29, 0.717) is 22.9 Å². The summed E-state index contributed by atoms with van der Waals surface area (Å²) in [6.45, 7) is 2.23.